The van der Waals surface area contributed by atoms with E-state index in [1.54, 1.807) is 12.4 Å². The largest absolute Gasteiger partial charge is 0.390 e. The lowest BCUT2D eigenvalue weighted by Crippen LogP contribution is -2.22. The number of aryl methyl sites for hydroxylation is 4. The van der Waals surface area contributed by atoms with Gasteiger partial charge in [-0.2, -0.15) is 0 Å². The first-order valence-corrected chi connectivity index (χ1v) is 14.1. The Kier molecular flexibility index (Phi) is 8.38. The molecule has 2 aliphatic carbocycles. The molecule has 0 amide bonds. The summed E-state index contributed by atoms with van der Waals surface area (Å²) >= 11 is 0. The van der Waals surface area contributed by atoms with Crippen molar-refractivity contribution in [3.05, 3.63) is 106 Å². The molecule has 4 atom stereocenters. The maximum atomic E-state index is 10.3. The Hall–Kier alpha value is -3.88. The van der Waals surface area contributed by atoms with Gasteiger partial charge in [0.05, 0.1) is 47.1 Å². The number of benzene rings is 2. The highest BCUT2D eigenvalue weighted by molar-refractivity contribution is 5.49. The molecule has 208 valence electrons. The standard InChI is InChI=1S/2C16H19N3O/c1-3-12-9-17-10(2)16(18-12)19-15-13-7-5-4-6-11(13)8-14(15)20;1-3-13-16(18-10(2)9-17-13)19-15-12-7-5-4-6-11(12)8-14(15)20/h2*4-7,9,14-15,20H,3,8H2,1-2H3,(H,18,19)/t2*14-,15+/m00/s1. The minimum atomic E-state index is -0.418. The fourth-order valence-corrected chi connectivity index (χ4v) is 5.46. The number of rotatable bonds is 6. The maximum absolute atomic E-state index is 10.3. The lowest BCUT2D eigenvalue weighted by Gasteiger charge is -2.20. The Labute approximate surface area is 236 Å². The molecule has 6 rings (SSSR count). The second kappa shape index (κ2) is 12.1. The number of hydrogen-bond donors (Lipinski definition) is 4. The minimum Gasteiger partial charge on any atom is -0.390 e. The van der Waals surface area contributed by atoms with Crippen molar-refractivity contribution in [1.29, 1.82) is 0 Å². The predicted octanol–water partition coefficient (Wildman–Crippen LogP) is 4.84. The summed E-state index contributed by atoms with van der Waals surface area (Å²) in [5.41, 5.74) is 8.36. The minimum absolute atomic E-state index is 0.104. The molecule has 4 aromatic rings. The first-order chi connectivity index (χ1) is 19.4. The van der Waals surface area contributed by atoms with Crippen LogP contribution in [-0.4, -0.2) is 42.4 Å². The van der Waals surface area contributed by atoms with Gasteiger partial charge in [0.15, 0.2) is 0 Å². The van der Waals surface area contributed by atoms with Crippen LogP contribution in [0.5, 0.6) is 0 Å². The van der Waals surface area contributed by atoms with Gasteiger partial charge >= 0.3 is 0 Å². The van der Waals surface area contributed by atoms with Gasteiger partial charge in [0.2, 0.25) is 0 Å². The molecule has 0 radical (unpaired) electrons. The number of fused-ring (bicyclic) bond motifs is 2. The van der Waals surface area contributed by atoms with Crippen LogP contribution >= 0.6 is 0 Å². The lowest BCUT2D eigenvalue weighted by molar-refractivity contribution is 0.165. The van der Waals surface area contributed by atoms with E-state index in [0.29, 0.717) is 12.8 Å². The summed E-state index contributed by atoms with van der Waals surface area (Å²) in [5.74, 6) is 1.55. The van der Waals surface area contributed by atoms with Crippen molar-refractivity contribution in [2.45, 2.75) is 77.7 Å². The van der Waals surface area contributed by atoms with Gasteiger partial charge in [0.1, 0.15) is 11.6 Å². The average molecular weight is 539 g/mol. The quantitative estimate of drug-likeness (QED) is 0.276. The number of anilines is 2. The molecule has 2 aromatic carbocycles. The summed E-state index contributed by atoms with van der Waals surface area (Å²) in [5, 5.41) is 27.3. The summed E-state index contributed by atoms with van der Waals surface area (Å²) in [6, 6.07) is 16.1. The fourth-order valence-electron chi connectivity index (χ4n) is 5.46. The van der Waals surface area contributed by atoms with Crippen molar-refractivity contribution in [3.8, 4) is 0 Å². The van der Waals surface area contributed by atoms with E-state index in [2.05, 4.69) is 68.7 Å². The number of aromatic nitrogens is 4. The van der Waals surface area contributed by atoms with E-state index in [-0.39, 0.29) is 12.1 Å². The Bertz CT molecular complexity index is 1480. The Morgan fingerprint density at radius 1 is 0.725 bits per heavy atom. The first-order valence-electron chi connectivity index (χ1n) is 14.1. The summed E-state index contributed by atoms with van der Waals surface area (Å²) in [6.45, 7) is 7.98. The summed E-state index contributed by atoms with van der Waals surface area (Å²) in [6.07, 6.45) is 5.80. The molecule has 0 saturated heterocycles. The highest BCUT2D eigenvalue weighted by Crippen LogP contribution is 2.35. The van der Waals surface area contributed by atoms with Gasteiger partial charge in [-0.25, -0.2) is 9.97 Å². The zero-order chi connectivity index (χ0) is 28.2. The second-order valence-corrected chi connectivity index (χ2v) is 10.5. The van der Waals surface area contributed by atoms with Gasteiger partial charge in [0.25, 0.3) is 0 Å². The molecule has 2 heterocycles. The predicted molar refractivity (Wildman–Crippen MR) is 157 cm³/mol. The van der Waals surface area contributed by atoms with E-state index >= 15 is 0 Å². The van der Waals surface area contributed by atoms with Crippen LogP contribution in [0.25, 0.3) is 0 Å². The van der Waals surface area contributed by atoms with Gasteiger partial charge < -0.3 is 20.8 Å². The van der Waals surface area contributed by atoms with Crippen molar-refractivity contribution >= 4 is 11.6 Å². The third kappa shape index (κ3) is 5.83. The van der Waals surface area contributed by atoms with Gasteiger partial charge in [-0.15, -0.1) is 0 Å². The zero-order valence-electron chi connectivity index (χ0n) is 23.6. The molecular formula is C32H38N6O2. The van der Waals surface area contributed by atoms with Gasteiger partial charge in [0, 0.05) is 25.2 Å². The Morgan fingerprint density at radius 2 is 1.30 bits per heavy atom. The highest BCUT2D eigenvalue weighted by atomic mass is 16.3. The van der Waals surface area contributed by atoms with Crippen molar-refractivity contribution in [3.63, 3.8) is 0 Å². The zero-order valence-corrected chi connectivity index (χ0v) is 23.6. The molecule has 0 bridgehead atoms. The molecule has 0 fully saturated rings. The number of nitrogens with zero attached hydrogens (tertiary/aromatic N) is 4. The van der Waals surface area contributed by atoms with E-state index in [9.17, 15) is 10.2 Å². The van der Waals surface area contributed by atoms with Gasteiger partial charge in [-0.3, -0.25) is 9.97 Å². The van der Waals surface area contributed by atoms with Gasteiger partial charge in [-0.05, 0) is 48.9 Å². The van der Waals surface area contributed by atoms with Crippen LogP contribution in [0.3, 0.4) is 0 Å². The van der Waals surface area contributed by atoms with Gasteiger partial charge in [-0.1, -0.05) is 62.4 Å². The summed E-state index contributed by atoms with van der Waals surface area (Å²) in [4.78, 5) is 17.9. The van der Waals surface area contributed by atoms with Crippen molar-refractivity contribution in [1.82, 2.24) is 19.9 Å². The lowest BCUT2D eigenvalue weighted by atomic mass is 10.1. The smallest absolute Gasteiger partial charge is 0.148 e. The van der Waals surface area contributed by atoms with Crippen LogP contribution in [-0.2, 0) is 25.7 Å². The fraction of sp³-hybridized carbons (Fsp3) is 0.375. The molecule has 8 nitrogen and oxygen atoms in total. The SMILES string of the molecule is CCc1cnc(C)c(N[C@@H]2c3ccccc3C[C@@H]2O)n1.CCc1ncc(C)nc1N[C@@H]1c2ccccc2C[C@@H]1O. The molecule has 0 spiro atoms. The van der Waals surface area contributed by atoms with E-state index in [0.717, 1.165) is 58.4 Å². The number of nitrogens with one attached hydrogen (secondary N) is 2. The monoisotopic (exact) mass is 538 g/mol. The summed E-state index contributed by atoms with van der Waals surface area (Å²) in [7, 11) is 0. The molecule has 4 N–H and O–H groups in total. The molecule has 8 heteroatoms. The number of hydrogen-bond acceptors (Lipinski definition) is 8. The molecule has 40 heavy (non-hydrogen) atoms. The third-order valence-corrected chi connectivity index (χ3v) is 7.66. The van der Waals surface area contributed by atoms with Crippen molar-refractivity contribution in [2.75, 3.05) is 10.6 Å². The van der Waals surface area contributed by atoms with Crippen LogP contribution in [0, 0.1) is 13.8 Å². The van der Waals surface area contributed by atoms with Crippen LogP contribution in [0.2, 0.25) is 0 Å². The Balaban J connectivity index is 0.000000161. The molecular weight excluding hydrogens is 500 g/mol. The molecule has 2 aromatic heterocycles. The normalized spacial score (nSPS) is 20.8. The second-order valence-electron chi connectivity index (χ2n) is 10.5. The van der Waals surface area contributed by atoms with Crippen LogP contribution < -0.4 is 10.6 Å². The van der Waals surface area contributed by atoms with Crippen molar-refractivity contribution < 1.29 is 10.2 Å². The summed E-state index contributed by atoms with van der Waals surface area (Å²) < 4.78 is 0. The number of aliphatic hydroxyl groups is 2. The topological polar surface area (TPSA) is 116 Å². The number of aliphatic hydroxyl groups excluding tert-OH is 2. The molecule has 0 aliphatic heterocycles. The molecule has 2 aliphatic rings. The Morgan fingerprint density at radius 3 is 1.88 bits per heavy atom. The third-order valence-electron chi connectivity index (χ3n) is 7.66. The van der Waals surface area contributed by atoms with Crippen LogP contribution in [0.4, 0.5) is 11.6 Å². The molecule has 0 saturated carbocycles. The highest BCUT2D eigenvalue weighted by Gasteiger charge is 2.32. The molecule has 0 unspecified atom stereocenters. The van der Waals surface area contributed by atoms with E-state index < -0.39 is 12.2 Å². The van der Waals surface area contributed by atoms with E-state index in [1.165, 1.54) is 11.1 Å². The van der Waals surface area contributed by atoms with E-state index in [4.69, 9.17) is 0 Å². The average Bonchev–Trinajstić information content (AvgIpc) is 3.45. The van der Waals surface area contributed by atoms with E-state index in [1.807, 2.05) is 38.1 Å². The van der Waals surface area contributed by atoms with Crippen molar-refractivity contribution in [2.24, 2.45) is 0 Å². The first kappa shape index (κ1) is 27.7. The van der Waals surface area contributed by atoms with Crippen LogP contribution in [0.15, 0.2) is 60.9 Å². The van der Waals surface area contributed by atoms with Crippen LogP contribution in [0.1, 0.15) is 71.0 Å². The maximum Gasteiger partial charge on any atom is 0.148 e.